The van der Waals surface area contributed by atoms with Crippen molar-refractivity contribution in [2.24, 2.45) is 0 Å². The minimum atomic E-state index is 0.240. The molecular formula is C16H17Cl2NO. The second kappa shape index (κ2) is 6.49. The quantitative estimate of drug-likeness (QED) is 0.819. The van der Waals surface area contributed by atoms with Crippen molar-refractivity contribution >= 4 is 23.2 Å². The Hall–Kier alpha value is -1.22. The fourth-order valence-corrected chi connectivity index (χ4v) is 2.23. The number of nitrogens with one attached hydrogen (secondary N) is 1. The maximum Gasteiger partial charge on any atom is 0.146 e. The molecule has 2 aromatic carbocycles. The number of ether oxygens (including phenoxy) is 1. The number of hydrogen-bond donors (Lipinski definition) is 1. The van der Waals surface area contributed by atoms with Crippen molar-refractivity contribution in [2.75, 3.05) is 7.05 Å². The van der Waals surface area contributed by atoms with Gasteiger partial charge in [0.05, 0.1) is 10.0 Å². The van der Waals surface area contributed by atoms with Crippen LogP contribution in [0.3, 0.4) is 0 Å². The van der Waals surface area contributed by atoms with Gasteiger partial charge in [0.2, 0.25) is 0 Å². The van der Waals surface area contributed by atoms with Crippen molar-refractivity contribution in [1.82, 2.24) is 5.32 Å². The summed E-state index contributed by atoms with van der Waals surface area (Å²) >= 11 is 12.4. The van der Waals surface area contributed by atoms with E-state index in [-0.39, 0.29) is 6.04 Å². The van der Waals surface area contributed by atoms with E-state index in [2.05, 4.69) is 12.2 Å². The predicted octanol–water partition coefficient (Wildman–Crippen LogP) is 5.37. The minimum Gasteiger partial charge on any atom is -0.454 e. The summed E-state index contributed by atoms with van der Waals surface area (Å²) < 4.78 is 5.80. The molecule has 1 atom stereocenters. The standard InChI is InChI=1S/C16H17Cl2NO/c1-10-4-6-13(17)16(8-10)20-15-7-5-12(9-14(15)18)11(2)19-3/h4-9,11,19H,1-3H3. The summed E-state index contributed by atoms with van der Waals surface area (Å²) in [6, 6.07) is 11.6. The Kier molecular flexibility index (Phi) is 4.92. The van der Waals surface area contributed by atoms with Gasteiger partial charge in [-0.05, 0) is 56.3 Å². The third-order valence-corrected chi connectivity index (χ3v) is 3.80. The molecule has 2 rings (SSSR count). The summed E-state index contributed by atoms with van der Waals surface area (Å²) in [5.41, 5.74) is 2.20. The van der Waals surface area contributed by atoms with Crippen LogP contribution < -0.4 is 10.1 Å². The minimum absolute atomic E-state index is 0.240. The van der Waals surface area contributed by atoms with Crippen LogP contribution in [0.5, 0.6) is 11.5 Å². The molecule has 1 N–H and O–H groups in total. The molecule has 0 heterocycles. The van der Waals surface area contributed by atoms with E-state index in [4.69, 9.17) is 27.9 Å². The first-order chi connectivity index (χ1) is 9.51. The number of rotatable bonds is 4. The molecule has 0 radical (unpaired) electrons. The fraction of sp³-hybridized carbons (Fsp3) is 0.250. The van der Waals surface area contributed by atoms with Crippen molar-refractivity contribution in [2.45, 2.75) is 19.9 Å². The van der Waals surface area contributed by atoms with Crippen molar-refractivity contribution in [3.8, 4) is 11.5 Å². The Bertz CT molecular complexity index is 613. The zero-order valence-electron chi connectivity index (χ0n) is 11.7. The van der Waals surface area contributed by atoms with Gasteiger partial charge in [0.15, 0.2) is 0 Å². The van der Waals surface area contributed by atoms with Gasteiger partial charge in [-0.15, -0.1) is 0 Å². The predicted molar refractivity (Wildman–Crippen MR) is 85.2 cm³/mol. The Morgan fingerprint density at radius 2 is 1.75 bits per heavy atom. The van der Waals surface area contributed by atoms with Gasteiger partial charge in [0.1, 0.15) is 11.5 Å². The highest BCUT2D eigenvalue weighted by molar-refractivity contribution is 6.32. The number of aryl methyl sites for hydroxylation is 1. The first-order valence-corrected chi connectivity index (χ1v) is 7.17. The van der Waals surface area contributed by atoms with E-state index in [1.165, 1.54) is 0 Å². The lowest BCUT2D eigenvalue weighted by molar-refractivity contribution is 0.482. The first-order valence-electron chi connectivity index (χ1n) is 6.42. The number of halogens is 2. The maximum atomic E-state index is 6.28. The summed E-state index contributed by atoms with van der Waals surface area (Å²) in [6.45, 7) is 4.06. The van der Waals surface area contributed by atoms with Crippen LogP contribution in [0.2, 0.25) is 10.0 Å². The average Bonchev–Trinajstić information content (AvgIpc) is 2.44. The SMILES string of the molecule is CNC(C)c1ccc(Oc2cc(C)ccc2Cl)c(Cl)c1. The van der Waals surface area contributed by atoms with E-state index in [1.54, 1.807) is 0 Å². The zero-order valence-corrected chi connectivity index (χ0v) is 13.2. The molecule has 20 heavy (non-hydrogen) atoms. The molecule has 0 bridgehead atoms. The molecule has 0 amide bonds. The topological polar surface area (TPSA) is 21.3 Å². The van der Waals surface area contributed by atoms with Gasteiger partial charge < -0.3 is 10.1 Å². The van der Waals surface area contributed by atoms with E-state index >= 15 is 0 Å². The van der Waals surface area contributed by atoms with Gasteiger partial charge in [0, 0.05) is 6.04 Å². The fourth-order valence-electron chi connectivity index (χ4n) is 1.84. The van der Waals surface area contributed by atoms with E-state index in [9.17, 15) is 0 Å². The highest BCUT2D eigenvalue weighted by Crippen LogP contribution is 2.35. The van der Waals surface area contributed by atoms with Gasteiger partial charge in [-0.3, -0.25) is 0 Å². The third-order valence-electron chi connectivity index (χ3n) is 3.20. The molecule has 106 valence electrons. The van der Waals surface area contributed by atoms with Crippen LogP contribution >= 0.6 is 23.2 Å². The summed E-state index contributed by atoms with van der Waals surface area (Å²) in [7, 11) is 1.91. The molecule has 0 aliphatic carbocycles. The molecular weight excluding hydrogens is 293 g/mol. The average molecular weight is 310 g/mol. The van der Waals surface area contributed by atoms with Crippen LogP contribution in [-0.2, 0) is 0 Å². The van der Waals surface area contributed by atoms with E-state index in [0.717, 1.165) is 11.1 Å². The Balaban J connectivity index is 2.28. The Morgan fingerprint density at radius 1 is 1.00 bits per heavy atom. The summed E-state index contributed by atoms with van der Waals surface area (Å²) in [5.74, 6) is 1.22. The van der Waals surface area contributed by atoms with E-state index in [0.29, 0.717) is 21.5 Å². The lowest BCUT2D eigenvalue weighted by Crippen LogP contribution is -2.12. The molecule has 0 saturated carbocycles. The smallest absolute Gasteiger partial charge is 0.146 e. The Morgan fingerprint density at radius 3 is 2.40 bits per heavy atom. The van der Waals surface area contributed by atoms with Crippen LogP contribution in [0.15, 0.2) is 36.4 Å². The highest BCUT2D eigenvalue weighted by atomic mass is 35.5. The normalized spacial score (nSPS) is 12.2. The molecule has 0 spiro atoms. The van der Waals surface area contributed by atoms with Gasteiger partial charge in [-0.2, -0.15) is 0 Å². The molecule has 2 nitrogen and oxygen atoms in total. The molecule has 0 aliphatic rings. The van der Waals surface area contributed by atoms with Gasteiger partial charge >= 0.3 is 0 Å². The molecule has 4 heteroatoms. The van der Waals surface area contributed by atoms with Crippen LogP contribution in [0, 0.1) is 6.92 Å². The van der Waals surface area contributed by atoms with E-state index < -0.39 is 0 Å². The third kappa shape index (κ3) is 3.45. The van der Waals surface area contributed by atoms with Gasteiger partial charge in [0.25, 0.3) is 0 Å². The molecule has 2 aromatic rings. The number of benzene rings is 2. The second-order valence-electron chi connectivity index (χ2n) is 4.74. The van der Waals surface area contributed by atoms with Crippen molar-refractivity contribution in [3.63, 3.8) is 0 Å². The molecule has 0 saturated heterocycles. The molecule has 0 fully saturated rings. The molecule has 1 unspecified atom stereocenters. The Labute approximate surface area is 129 Å². The van der Waals surface area contributed by atoms with Crippen LogP contribution in [-0.4, -0.2) is 7.05 Å². The number of hydrogen-bond acceptors (Lipinski definition) is 2. The van der Waals surface area contributed by atoms with Crippen LogP contribution in [0.25, 0.3) is 0 Å². The van der Waals surface area contributed by atoms with Gasteiger partial charge in [-0.25, -0.2) is 0 Å². The zero-order chi connectivity index (χ0) is 14.7. The van der Waals surface area contributed by atoms with Crippen molar-refractivity contribution in [3.05, 3.63) is 57.6 Å². The maximum absolute atomic E-state index is 6.28. The summed E-state index contributed by atoms with van der Waals surface area (Å²) in [5, 5.41) is 4.31. The second-order valence-corrected chi connectivity index (χ2v) is 5.55. The lowest BCUT2D eigenvalue weighted by Gasteiger charge is -2.14. The van der Waals surface area contributed by atoms with Crippen LogP contribution in [0.1, 0.15) is 24.1 Å². The van der Waals surface area contributed by atoms with Crippen molar-refractivity contribution < 1.29 is 4.74 Å². The lowest BCUT2D eigenvalue weighted by atomic mass is 10.1. The largest absolute Gasteiger partial charge is 0.454 e. The van der Waals surface area contributed by atoms with Gasteiger partial charge in [-0.1, -0.05) is 35.3 Å². The van der Waals surface area contributed by atoms with E-state index in [1.807, 2.05) is 50.4 Å². The molecule has 0 aliphatic heterocycles. The van der Waals surface area contributed by atoms with Crippen molar-refractivity contribution in [1.29, 1.82) is 0 Å². The van der Waals surface area contributed by atoms with Crippen LogP contribution in [0.4, 0.5) is 0 Å². The monoisotopic (exact) mass is 309 g/mol. The summed E-state index contributed by atoms with van der Waals surface area (Å²) in [4.78, 5) is 0. The molecule has 0 aromatic heterocycles. The highest BCUT2D eigenvalue weighted by Gasteiger charge is 2.10. The summed E-state index contributed by atoms with van der Waals surface area (Å²) in [6.07, 6.45) is 0. The first kappa shape index (κ1) is 15.2.